The molecule has 0 aliphatic rings. The van der Waals surface area contributed by atoms with Crippen LogP contribution in [0.4, 0.5) is 10.2 Å². The van der Waals surface area contributed by atoms with Gasteiger partial charge in [0.2, 0.25) is 0 Å². The van der Waals surface area contributed by atoms with Crippen LogP contribution in [-0.4, -0.2) is 27.1 Å². The Morgan fingerprint density at radius 1 is 1.24 bits per heavy atom. The molecule has 4 aromatic rings. The normalized spacial score (nSPS) is 10.8. The summed E-state index contributed by atoms with van der Waals surface area (Å²) < 4.78 is 13.7. The molecular formula is C25H21FN6OS. The lowest BCUT2D eigenvalue weighted by molar-refractivity contribution is 0.0950. The number of nitrogens with one attached hydrogen (secondary N) is 1. The van der Waals surface area contributed by atoms with E-state index in [2.05, 4.69) is 20.3 Å². The number of carbonyl (C=O) groups excluding carboxylic acids is 1. The molecule has 0 aliphatic heterocycles. The van der Waals surface area contributed by atoms with Crippen LogP contribution < -0.4 is 11.1 Å². The van der Waals surface area contributed by atoms with Crippen LogP contribution in [0.15, 0.2) is 53.7 Å². The molecular weight excluding hydrogens is 451 g/mol. The van der Waals surface area contributed by atoms with Crippen LogP contribution in [0.25, 0.3) is 10.9 Å². The molecule has 9 heteroatoms. The number of thioether (sulfide) groups is 1. The molecule has 4 rings (SSSR count). The van der Waals surface area contributed by atoms with Crippen LogP contribution >= 0.6 is 11.8 Å². The van der Waals surface area contributed by atoms with Crippen LogP contribution in [0.5, 0.6) is 0 Å². The number of nitrogen functional groups attached to an aromatic ring is 1. The molecule has 0 unspecified atom stereocenters. The molecule has 0 aliphatic carbocycles. The Balaban J connectivity index is 1.52. The number of rotatable bonds is 6. The number of nitrogens with two attached hydrogens (primary N) is 1. The number of anilines is 1. The van der Waals surface area contributed by atoms with E-state index in [4.69, 9.17) is 11.0 Å². The van der Waals surface area contributed by atoms with Gasteiger partial charge in [-0.1, -0.05) is 0 Å². The number of pyridine rings is 3. The molecule has 0 spiro atoms. The first-order valence-corrected chi connectivity index (χ1v) is 11.6. The topological polar surface area (TPSA) is 118 Å². The Labute approximate surface area is 200 Å². The van der Waals surface area contributed by atoms with E-state index >= 15 is 0 Å². The summed E-state index contributed by atoms with van der Waals surface area (Å²) in [6, 6.07) is 12.4. The van der Waals surface area contributed by atoms with E-state index in [0.29, 0.717) is 23.4 Å². The quantitative estimate of drug-likeness (QED) is 0.404. The second-order valence-corrected chi connectivity index (χ2v) is 8.54. The van der Waals surface area contributed by atoms with Crippen molar-refractivity contribution in [3.8, 4) is 6.07 Å². The highest BCUT2D eigenvalue weighted by atomic mass is 32.2. The number of hydrogen-bond acceptors (Lipinski definition) is 7. The van der Waals surface area contributed by atoms with Gasteiger partial charge in [-0.3, -0.25) is 14.8 Å². The Morgan fingerprint density at radius 2 is 2.06 bits per heavy atom. The minimum Gasteiger partial charge on any atom is -0.383 e. The number of nitriles is 1. The number of nitrogens with zero attached hydrogens (tertiary/aromatic N) is 4. The van der Waals surface area contributed by atoms with E-state index in [0.717, 1.165) is 26.9 Å². The third kappa shape index (κ3) is 4.97. The molecule has 1 aromatic carbocycles. The zero-order chi connectivity index (χ0) is 24.2. The van der Waals surface area contributed by atoms with Gasteiger partial charge in [0, 0.05) is 46.4 Å². The third-order valence-electron chi connectivity index (χ3n) is 5.37. The van der Waals surface area contributed by atoms with Gasteiger partial charge in [-0.2, -0.15) is 5.26 Å². The minimum atomic E-state index is -0.387. The molecule has 0 saturated carbocycles. The number of benzene rings is 1. The van der Waals surface area contributed by atoms with Gasteiger partial charge in [-0.15, -0.1) is 11.8 Å². The average Bonchev–Trinajstić information content (AvgIpc) is 2.82. The highest BCUT2D eigenvalue weighted by Gasteiger charge is 2.12. The Morgan fingerprint density at radius 3 is 2.82 bits per heavy atom. The van der Waals surface area contributed by atoms with Crippen molar-refractivity contribution in [3.63, 3.8) is 0 Å². The summed E-state index contributed by atoms with van der Waals surface area (Å²) in [5.74, 6) is -0.486. The van der Waals surface area contributed by atoms with Gasteiger partial charge >= 0.3 is 0 Å². The van der Waals surface area contributed by atoms with Crippen molar-refractivity contribution in [2.45, 2.75) is 24.8 Å². The van der Waals surface area contributed by atoms with Crippen molar-refractivity contribution in [1.82, 2.24) is 20.3 Å². The fourth-order valence-electron chi connectivity index (χ4n) is 3.64. The predicted octanol–water partition coefficient (Wildman–Crippen LogP) is 4.17. The van der Waals surface area contributed by atoms with Crippen molar-refractivity contribution < 1.29 is 9.18 Å². The van der Waals surface area contributed by atoms with Gasteiger partial charge in [-0.25, -0.2) is 9.37 Å². The molecule has 3 N–H and O–H groups in total. The first-order valence-electron chi connectivity index (χ1n) is 10.4. The van der Waals surface area contributed by atoms with E-state index in [-0.39, 0.29) is 29.7 Å². The van der Waals surface area contributed by atoms with E-state index in [1.54, 1.807) is 43.1 Å². The van der Waals surface area contributed by atoms with Crippen LogP contribution in [-0.2, 0) is 13.0 Å². The fourth-order valence-corrected chi connectivity index (χ4v) is 4.28. The third-order valence-corrected chi connectivity index (χ3v) is 6.12. The van der Waals surface area contributed by atoms with Crippen LogP contribution in [0, 0.1) is 24.1 Å². The lowest BCUT2D eigenvalue weighted by atomic mass is 10.0. The summed E-state index contributed by atoms with van der Waals surface area (Å²) in [4.78, 5) is 26.5. The highest BCUT2D eigenvalue weighted by molar-refractivity contribution is 7.98. The summed E-state index contributed by atoms with van der Waals surface area (Å²) in [7, 11) is 0. The lowest BCUT2D eigenvalue weighted by Gasteiger charge is -2.11. The maximum absolute atomic E-state index is 13.7. The summed E-state index contributed by atoms with van der Waals surface area (Å²) in [6.07, 6.45) is 5.23. The molecule has 0 atom stereocenters. The van der Waals surface area contributed by atoms with Gasteiger partial charge in [0.25, 0.3) is 5.91 Å². The van der Waals surface area contributed by atoms with Gasteiger partial charge in [0.05, 0.1) is 17.3 Å². The zero-order valence-corrected chi connectivity index (χ0v) is 19.4. The molecule has 3 heterocycles. The van der Waals surface area contributed by atoms with E-state index in [1.807, 2.05) is 24.5 Å². The van der Waals surface area contributed by atoms with Gasteiger partial charge in [0.1, 0.15) is 17.7 Å². The van der Waals surface area contributed by atoms with Crippen LogP contribution in [0.1, 0.15) is 38.4 Å². The maximum atomic E-state index is 13.7. The Bertz CT molecular complexity index is 1450. The largest absolute Gasteiger partial charge is 0.383 e. The van der Waals surface area contributed by atoms with Crippen LogP contribution in [0.3, 0.4) is 0 Å². The number of aryl methyl sites for hydroxylation is 1. The van der Waals surface area contributed by atoms with E-state index in [9.17, 15) is 9.18 Å². The van der Waals surface area contributed by atoms with E-state index in [1.165, 1.54) is 12.3 Å². The SMILES string of the molecule is CSc1cc(Cc2cc(C(=O)NCc3cc(C#N)c(N)nc3C)ccn2)cc2cc(F)cnc12. The molecule has 0 radical (unpaired) electrons. The van der Waals surface area contributed by atoms with Crippen molar-refractivity contribution >= 4 is 34.4 Å². The first kappa shape index (κ1) is 23.1. The number of halogens is 1. The van der Waals surface area contributed by atoms with E-state index < -0.39 is 0 Å². The van der Waals surface area contributed by atoms with Crippen molar-refractivity contribution in [2.75, 3.05) is 12.0 Å². The summed E-state index contributed by atoms with van der Waals surface area (Å²) >= 11 is 1.54. The summed E-state index contributed by atoms with van der Waals surface area (Å²) in [6.45, 7) is 1.99. The number of aromatic nitrogens is 3. The monoisotopic (exact) mass is 472 g/mol. The zero-order valence-electron chi connectivity index (χ0n) is 18.6. The fraction of sp³-hybridized carbons (Fsp3) is 0.160. The number of carbonyl (C=O) groups is 1. The Kier molecular flexibility index (Phi) is 6.70. The first-order chi connectivity index (χ1) is 16.4. The molecule has 0 fully saturated rings. The highest BCUT2D eigenvalue weighted by Crippen LogP contribution is 2.28. The summed E-state index contributed by atoms with van der Waals surface area (Å²) in [5, 5.41) is 12.7. The van der Waals surface area contributed by atoms with Crippen molar-refractivity contribution in [3.05, 3.63) is 88.3 Å². The summed E-state index contributed by atoms with van der Waals surface area (Å²) in [5.41, 5.74) is 10.2. The van der Waals surface area contributed by atoms with Gasteiger partial charge in [-0.05, 0) is 60.7 Å². The molecule has 0 saturated heterocycles. The molecule has 3 aromatic heterocycles. The van der Waals surface area contributed by atoms with Gasteiger partial charge in [0.15, 0.2) is 0 Å². The number of hydrogen-bond donors (Lipinski definition) is 2. The standard InChI is InChI=1S/C25H21FN6OS/c1-14-19(8-18(11-27)24(28)32-14)12-31-25(33)16-3-4-29-21(10-16)6-15-5-17-9-20(26)13-30-23(17)22(7-15)34-2/h3-5,7-10,13H,6,12H2,1-2H3,(H2,28,32)(H,31,33). The predicted molar refractivity (Wildman–Crippen MR) is 130 cm³/mol. The second-order valence-electron chi connectivity index (χ2n) is 7.70. The lowest BCUT2D eigenvalue weighted by Crippen LogP contribution is -2.24. The second kappa shape index (κ2) is 9.85. The smallest absolute Gasteiger partial charge is 0.251 e. The average molecular weight is 473 g/mol. The Hall–Kier alpha value is -4.03. The van der Waals surface area contributed by atoms with Crippen LogP contribution in [0.2, 0.25) is 0 Å². The molecule has 0 bridgehead atoms. The molecule has 34 heavy (non-hydrogen) atoms. The van der Waals surface area contributed by atoms with Gasteiger partial charge < -0.3 is 11.1 Å². The van der Waals surface area contributed by atoms with Crippen molar-refractivity contribution in [2.24, 2.45) is 0 Å². The minimum absolute atomic E-state index is 0.172. The van der Waals surface area contributed by atoms with Crippen molar-refractivity contribution in [1.29, 1.82) is 5.26 Å². The molecule has 170 valence electrons. The molecule has 7 nitrogen and oxygen atoms in total. The molecule has 1 amide bonds. The maximum Gasteiger partial charge on any atom is 0.251 e. The number of fused-ring (bicyclic) bond motifs is 1. The number of amides is 1.